The third kappa shape index (κ3) is 2.47. The molecule has 1 aromatic rings. The first kappa shape index (κ1) is 8.93. The molecular weight excluding hydrogens is 176 g/mol. The molecule has 0 aliphatic rings. The van der Waals surface area contributed by atoms with E-state index in [-0.39, 0.29) is 12.4 Å². The van der Waals surface area contributed by atoms with E-state index in [9.17, 15) is 9.90 Å². The van der Waals surface area contributed by atoms with Gasteiger partial charge in [-0.05, 0) is 6.07 Å². The molecule has 0 spiro atoms. The standard InChI is InChI=1S/C8H8O3S/c9-7-4-2-1-3-6(7)5-11-8(10)12/h1-4,9H,5H2,(H,10,12). The van der Waals surface area contributed by atoms with Crippen LogP contribution in [0.4, 0.5) is 4.79 Å². The largest absolute Gasteiger partial charge is 0.508 e. The van der Waals surface area contributed by atoms with Gasteiger partial charge < -0.3 is 9.84 Å². The zero-order valence-corrected chi connectivity index (χ0v) is 7.12. The third-order valence-electron chi connectivity index (χ3n) is 1.34. The molecule has 0 aromatic heterocycles. The summed E-state index contributed by atoms with van der Waals surface area (Å²) in [6.07, 6.45) is 0. The first-order valence-corrected chi connectivity index (χ1v) is 3.77. The highest BCUT2D eigenvalue weighted by molar-refractivity contribution is 7.96. The summed E-state index contributed by atoms with van der Waals surface area (Å²) in [5.74, 6) is 0.118. The van der Waals surface area contributed by atoms with Gasteiger partial charge in [0.15, 0.2) is 0 Å². The molecule has 1 N–H and O–H groups in total. The molecular formula is C8H8O3S. The minimum atomic E-state index is -0.654. The molecule has 3 nitrogen and oxygen atoms in total. The molecule has 4 heteroatoms. The molecule has 1 rings (SSSR count). The first-order chi connectivity index (χ1) is 5.70. The molecule has 0 saturated heterocycles. The van der Waals surface area contributed by atoms with Crippen LogP contribution < -0.4 is 0 Å². The van der Waals surface area contributed by atoms with Gasteiger partial charge in [-0.3, -0.25) is 0 Å². The van der Waals surface area contributed by atoms with Gasteiger partial charge in [-0.1, -0.05) is 30.8 Å². The second-order valence-corrected chi connectivity index (χ2v) is 2.55. The van der Waals surface area contributed by atoms with Crippen molar-refractivity contribution in [2.45, 2.75) is 6.61 Å². The Morgan fingerprint density at radius 3 is 2.75 bits per heavy atom. The Morgan fingerprint density at radius 1 is 1.50 bits per heavy atom. The van der Waals surface area contributed by atoms with Gasteiger partial charge in [0.05, 0.1) is 0 Å². The molecule has 0 amide bonds. The predicted molar refractivity (Wildman–Crippen MR) is 47.3 cm³/mol. The maximum atomic E-state index is 10.3. The molecule has 0 unspecified atom stereocenters. The minimum absolute atomic E-state index is 0.0506. The maximum Gasteiger partial charge on any atom is 0.364 e. The van der Waals surface area contributed by atoms with Gasteiger partial charge in [0.2, 0.25) is 0 Å². The molecule has 0 saturated carbocycles. The number of ether oxygens (including phenoxy) is 1. The molecule has 0 aliphatic carbocycles. The Hall–Kier alpha value is -1.16. The van der Waals surface area contributed by atoms with Crippen molar-refractivity contribution in [2.75, 3.05) is 0 Å². The van der Waals surface area contributed by atoms with Crippen molar-refractivity contribution in [3.63, 3.8) is 0 Å². The minimum Gasteiger partial charge on any atom is -0.508 e. The zero-order chi connectivity index (χ0) is 8.97. The molecule has 1 aromatic carbocycles. The molecule has 0 atom stereocenters. The first-order valence-electron chi connectivity index (χ1n) is 3.33. The summed E-state index contributed by atoms with van der Waals surface area (Å²) in [5, 5.41) is 8.55. The van der Waals surface area contributed by atoms with Crippen LogP contribution >= 0.6 is 12.6 Å². The third-order valence-corrected chi connectivity index (χ3v) is 1.47. The second-order valence-electron chi connectivity index (χ2n) is 2.18. The lowest BCUT2D eigenvalue weighted by atomic mass is 10.2. The van der Waals surface area contributed by atoms with Crippen LogP contribution in [0.5, 0.6) is 5.75 Å². The van der Waals surface area contributed by atoms with E-state index in [4.69, 9.17) is 0 Å². The quantitative estimate of drug-likeness (QED) is 0.545. The fourth-order valence-electron chi connectivity index (χ4n) is 0.772. The van der Waals surface area contributed by atoms with Gasteiger partial charge in [-0.2, -0.15) is 0 Å². The Morgan fingerprint density at radius 2 is 2.17 bits per heavy atom. The number of para-hydroxylation sites is 1. The molecule has 0 fully saturated rings. The zero-order valence-electron chi connectivity index (χ0n) is 6.23. The van der Waals surface area contributed by atoms with Crippen LogP contribution in [0.25, 0.3) is 0 Å². The molecule has 64 valence electrons. The van der Waals surface area contributed by atoms with Gasteiger partial charge >= 0.3 is 5.30 Å². The van der Waals surface area contributed by atoms with Crippen molar-refractivity contribution in [3.05, 3.63) is 29.8 Å². The van der Waals surface area contributed by atoms with Crippen LogP contribution in [0.3, 0.4) is 0 Å². The number of phenolic OH excluding ortho intramolecular Hbond substituents is 1. The van der Waals surface area contributed by atoms with Crippen molar-refractivity contribution >= 4 is 17.9 Å². The fourth-order valence-corrected chi connectivity index (χ4v) is 0.837. The van der Waals surface area contributed by atoms with Crippen molar-refractivity contribution in [2.24, 2.45) is 0 Å². The molecule has 0 bridgehead atoms. The van der Waals surface area contributed by atoms with Gasteiger partial charge in [-0.15, -0.1) is 0 Å². The van der Waals surface area contributed by atoms with Crippen molar-refractivity contribution in [1.29, 1.82) is 0 Å². The number of hydrogen-bond acceptors (Lipinski definition) is 3. The van der Waals surface area contributed by atoms with Crippen molar-refractivity contribution < 1.29 is 14.6 Å². The highest BCUT2D eigenvalue weighted by Crippen LogP contribution is 2.16. The van der Waals surface area contributed by atoms with E-state index < -0.39 is 5.30 Å². The van der Waals surface area contributed by atoms with Crippen LogP contribution in [0.1, 0.15) is 5.56 Å². The van der Waals surface area contributed by atoms with Crippen molar-refractivity contribution in [3.8, 4) is 5.75 Å². The number of phenols is 1. The summed E-state index contributed by atoms with van der Waals surface area (Å²) in [7, 11) is 0. The van der Waals surface area contributed by atoms with Gasteiger partial charge in [-0.25, -0.2) is 4.79 Å². The van der Waals surface area contributed by atoms with E-state index in [1.54, 1.807) is 18.2 Å². The molecule has 0 radical (unpaired) electrons. The smallest absolute Gasteiger partial charge is 0.364 e. The summed E-state index contributed by atoms with van der Waals surface area (Å²) in [5.41, 5.74) is 0.569. The topological polar surface area (TPSA) is 46.5 Å². The average Bonchev–Trinajstić information content (AvgIpc) is 2.03. The van der Waals surface area contributed by atoms with Gasteiger partial charge in [0.1, 0.15) is 12.4 Å². The monoisotopic (exact) mass is 184 g/mol. The lowest BCUT2D eigenvalue weighted by Crippen LogP contribution is -1.94. The van der Waals surface area contributed by atoms with Gasteiger partial charge in [0, 0.05) is 5.56 Å². The van der Waals surface area contributed by atoms with Gasteiger partial charge in [0.25, 0.3) is 0 Å². The number of carbonyl (C=O) groups excluding carboxylic acids is 1. The van der Waals surface area contributed by atoms with Crippen LogP contribution in [-0.2, 0) is 11.3 Å². The van der Waals surface area contributed by atoms with Crippen LogP contribution in [0.15, 0.2) is 24.3 Å². The maximum absolute atomic E-state index is 10.3. The van der Waals surface area contributed by atoms with E-state index in [2.05, 4.69) is 17.4 Å². The lowest BCUT2D eigenvalue weighted by Gasteiger charge is -2.02. The van der Waals surface area contributed by atoms with E-state index in [1.807, 2.05) is 0 Å². The molecule has 12 heavy (non-hydrogen) atoms. The lowest BCUT2D eigenvalue weighted by molar-refractivity contribution is 0.168. The summed E-state index contributed by atoms with van der Waals surface area (Å²) < 4.78 is 4.57. The number of rotatable bonds is 2. The predicted octanol–water partition coefficient (Wildman–Crippen LogP) is 1.96. The van der Waals surface area contributed by atoms with Crippen LogP contribution in [0.2, 0.25) is 0 Å². The van der Waals surface area contributed by atoms with E-state index >= 15 is 0 Å². The van der Waals surface area contributed by atoms with E-state index in [0.29, 0.717) is 5.56 Å². The van der Waals surface area contributed by atoms with E-state index in [0.717, 1.165) is 0 Å². The van der Waals surface area contributed by atoms with E-state index in [1.165, 1.54) is 6.07 Å². The Balaban J connectivity index is 2.63. The summed E-state index contributed by atoms with van der Waals surface area (Å²) in [6.45, 7) is 0.0506. The highest BCUT2D eigenvalue weighted by atomic mass is 32.1. The average molecular weight is 184 g/mol. The Labute approximate surface area is 75.4 Å². The number of benzene rings is 1. The van der Waals surface area contributed by atoms with Crippen molar-refractivity contribution in [1.82, 2.24) is 0 Å². The number of thiol groups is 1. The Bertz CT molecular complexity index is 285. The SMILES string of the molecule is O=C(S)OCc1ccccc1O. The second kappa shape index (κ2) is 4.01. The summed E-state index contributed by atoms with van der Waals surface area (Å²) in [6, 6.07) is 6.65. The highest BCUT2D eigenvalue weighted by Gasteiger charge is 2.00. The summed E-state index contributed by atoms with van der Waals surface area (Å²) in [4.78, 5) is 10.3. The molecule has 0 heterocycles. The fraction of sp³-hybridized carbons (Fsp3) is 0.125. The van der Waals surface area contributed by atoms with Crippen LogP contribution in [0, 0.1) is 0 Å². The summed E-state index contributed by atoms with van der Waals surface area (Å²) >= 11 is 3.42. The number of carbonyl (C=O) groups is 1. The number of aromatic hydroxyl groups is 1. The number of hydrogen-bond donors (Lipinski definition) is 2. The molecule has 0 aliphatic heterocycles. The Kier molecular flexibility index (Phi) is 2.99. The van der Waals surface area contributed by atoms with Crippen LogP contribution in [-0.4, -0.2) is 10.4 Å². The normalized spacial score (nSPS) is 9.42.